The molecular formula is C22H20N4O3S. The summed E-state index contributed by atoms with van der Waals surface area (Å²) < 4.78 is 0. The first-order valence-electron chi connectivity index (χ1n) is 9.38. The van der Waals surface area contributed by atoms with Crippen LogP contribution in [0.3, 0.4) is 0 Å². The number of aryl methyl sites for hydroxylation is 1. The van der Waals surface area contributed by atoms with Crippen LogP contribution >= 0.6 is 11.3 Å². The lowest BCUT2D eigenvalue weighted by Crippen LogP contribution is -2.42. The molecule has 2 N–H and O–H groups in total. The molecule has 30 heavy (non-hydrogen) atoms. The molecule has 1 saturated heterocycles. The molecule has 1 aromatic heterocycles. The van der Waals surface area contributed by atoms with Crippen molar-refractivity contribution in [3.05, 3.63) is 71.2 Å². The highest BCUT2D eigenvalue weighted by atomic mass is 32.1. The minimum absolute atomic E-state index is 0.361. The van der Waals surface area contributed by atoms with E-state index < -0.39 is 23.4 Å². The van der Waals surface area contributed by atoms with Crippen molar-refractivity contribution in [2.75, 3.05) is 11.9 Å². The maximum atomic E-state index is 12.9. The molecule has 152 valence electrons. The van der Waals surface area contributed by atoms with Gasteiger partial charge in [-0.15, -0.1) is 11.3 Å². The molecule has 2 aromatic carbocycles. The minimum atomic E-state index is -1.19. The van der Waals surface area contributed by atoms with Crippen LogP contribution in [0.2, 0.25) is 0 Å². The Bertz CT molecular complexity index is 1090. The summed E-state index contributed by atoms with van der Waals surface area (Å²) in [6.45, 7) is 3.23. The molecule has 0 spiro atoms. The number of benzene rings is 2. The molecule has 4 amide bonds. The standard InChI is InChI=1S/C22H20N4O3S/c1-14-3-7-16(8-4-14)22(2)20(28)26(21(29)25-22)13-18(27)24-17-9-5-15(6-10-17)19-23-11-12-30-19/h3-12H,13H2,1-2H3,(H,24,27)(H,25,29). The second kappa shape index (κ2) is 7.72. The predicted molar refractivity (Wildman–Crippen MR) is 115 cm³/mol. The van der Waals surface area contributed by atoms with Crippen molar-refractivity contribution in [1.82, 2.24) is 15.2 Å². The van der Waals surface area contributed by atoms with Gasteiger partial charge < -0.3 is 10.6 Å². The number of nitrogens with zero attached hydrogens (tertiary/aromatic N) is 2. The zero-order valence-corrected chi connectivity index (χ0v) is 17.3. The van der Waals surface area contributed by atoms with Gasteiger partial charge in [-0.3, -0.25) is 14.5 Å². The van der Waals surface area contributed by atoms with Crippen LogP contribution in [0.5, 0.6) is 0 Å². The summed E-state index contributed by atoms with van der Waals surface area (Å²) in [4.78, 5) is 43.0. The summed E-state index contributed by atoms with van der Waals surface area (Å²) in [6.07, 6.45) is 1.73. The van der Waals surface area contributed by atoms with Crippen molar-refractivity contribution in [3.63, 3.8) is 0 Å². The molecule has 7 nitrogen and oxygen atoms in total. The van der Waals surface area contributed by atoms with Gasteiger partial charge in [-0.2, -0.15) is 0 Å². The van der Waals surface area contributed by atoms with Crippen LogP contribution in [0.25, 0.3) is 10.6 Å². The number of carbonyl (C=O) groups is 3. The topological polar surface area (TPSA) is 91.4 Å². The van der Waals surface area contributed by atoms with Gasteiger partial charge in [0.2, 0.25) is 5.91 Å². The summed E-state index contributed by atoms with van der Waals surface area (Å²) in [5.41, 5.74) is 2.06. The van der Waals surface area contributed by atoms with Crippen molar-refractivity contribution >= 4 is 34.9 Å². The molecule has 1 atom stereocenters. The normalized spacial score (nSPS) is 18.4. The monoisotopic (exact) mass is 420 g/mol. The van der Waals surface area contributed by atoms with Gasteiger partial charge in [-0.25, -0.2) is 9.78 Å². The van der Waals surface area contributed by atoms with Gasteiger partial charge in [-0.05, 0) is 43.7 Å². The maximum absolute atomic E-state index is 12.9. The smallest absolute Gasteiger partial charge is 0.325 e. The Morgan fingerprint density at radius 3 is 2.47 bits per heavy atom. The highest BCUT2D eigenvalue weighted by molar-refractivity contribution is 7.13. The SMILES string of the molecule is Cc1ccc(C2(C)NC(=O)N(CC(=O)Nc3ccc(-c4nccs4)cc3)C2=O)cc1. The summed E-state index contributed by atoms with van der Waals surface area (Å²) in [5.74, 6) is -0.903. The van der Waals surface area contributed by atoms with E-state index in [9.17, 15) is 14.4 Å². The molecule has 0 radical (unpaired) electrons. The molecule has 1 unspecified atom stereocenters. The highest BCUT2D eigenvalue weighted by Crippen LogP contribution is 2.29. The summed E-state index contributed by atoms with van der Waals surface area (Å²) in [7, 11) is 0. The number of aromatic nitrogens is 1. The van der Waals surface area contributed by atoms with E-state index in [1.54, 1.807) is 37.4 Å². The van der Waals surface area contributed by atoms with E-state index in [4.69, 9.17) is 0 Å². The summed E-state index contributed by atoms with van der Waals surface area (Å²) in [6, 6.07) is 14.0. The molecule has 1 fully saturated rings. The summed E-state index contributed by atoms with van der Waals surface area (Å²) >= 11 is 1.53. The van der Waals surface area contributed by atoms with Gasteiger partial charge in [0, 0.05) is 22.8 Å². The third kappa shape index (κ3) is 3.69. The lowest BCUT2D eigenvalue weighted by molar-refractivity contribution is -0.133. The average Bonchev–Trinajstić information content (AvgIpc) is 3.33. The molecule has 8 heteroatoms. The zero-order chi connectivity index (χ0) is 21.3. The number of rotatable bonds is 5. The Morgan fingerprint density at radius 1 is 1.13 bits per heavy atom. The number of hydrogen-bond donors (Lipinski definition) is 2. The van der Waals surface area contributed by atoms with Crippen LogP contribution in [0.1, 0.15) is 18.1 Å². The molecular weight excluding hydrogens is 400 g/mol. The number of nitrogens with one attached hydrogen (secondary N) is 2. The van der Waals surface area contributed by atoms with Crippen LogP contribution in [0.15, 0.2) is 60.1 Å². The van der Waals surface area contributed by atoms with Crippen molar-refractivity contribution in [1.29, 1.82) is 0 Å². The number of carbonyl (C=O) groups excluding carboxylic acids is 3. The number of thiazole rings is 1. The predicted octanol–water partition coefficient (Wildman–Crippen LogP) is 3.52. The fraction of sp³-hybridized carbons (Fsp3) is 0.182. The maximum Gasteiger partial charge on any atom is 0.325 e. The fourth-order valence-electron chi connectivity index (χ4n) is 3.33. The second-order valence-electron chi connectivity index (χ2n) is 7.28. The summed E-state index contributed by atoms with van der Waals surface area (Å²) in [5, 5.41) is 8.22. The minimum Gasteiger partial charge on any atom is -0.325 e. The van der Waals surface area contributed by atoms with Crippen molar-refractivity contribution in [2.45, 2.75) is 19.4 Å². The van der Waals surface area contributed by atoms with Crippen LogP contribution < -0.4 is 10.6 Å². The quantitative estimate of drug-likeness (QED) is 0.618. The fourth-order valence-corrected chi connectivity index (χ4v) is 3.97. The Hall–Kier alpha value is -3.52. The molecule has 0 bridgehead atoms. The van der Waals surface area contributed by atoms with Crippen molar-refractivity contribution in [3.8, 4) is 10.6 Å². The lowest BCUT2D eigenvalue weighted by Gasteiger charge is -2.22. The number of imide groups is 1. The van der Waals surface area contributed by atoms with Gasteiger partial charge in [0.1, 0.15) is 17.1 Å². The number of anilines is 1. The van der Waals surface area contributed by atoms with E-state index in [-0.39, 0.29) is 6.54 Å². The van der Waals surface area contributed by atoms with Crippen molar-refractivity contribution in [2.24, 2.45) is 0 Å². The van der Waals surface area contributed by atoms with Gasteiger partial charge in [-0.1, -0.05) is 29.8 Å². The molecule has 3 aromatic rings. The van der Waals surface area contributed by atoms with E-state index in [1.165, 1.54) is 11.3 Å². The Kier molecular flexibility index (Phi) is 5.09. The molecule has 0 saturated carbocycles. The van der Waals surface area contributed by atoms with Crippen LogP contribution in [-0.4, -0.2) is 34.3 Å². The first-order valence-corrected chi connectivity index (χ1v) is 10.3. The molecule has 1 aliphatic heterocycles. The highest BCUT2D eigenvalue weighted by Gasteiger charge is 2.49. The van der Waals surface area contributed by atoms with Gasteiger partial charge in [0.25, 0.3) is 5.91 Å². The van der Waals surface area contributed by atoms with E-state index in [1.807, 2.05) is 36.6 Å². The van der Waals surface area contributed by atoms with E-state index in [0.29, 0.717) is 11.3 Å². The Morgan fingerprint density at radius 2 is 1.83 bits per heavy atom. The van der Waals surface area contributed by atoms with Gasteiger partial charge >= 0.3 is 6.03 Å². The molecule has 1 aliphatic rings. The first-order chi connectivity index (χ1) is 14.4. The average molecular weight is 420 g/mol. The molecule has 2 heterocycles. The van der Waals surface area contributed by atoms with E-state index >= 15 is 0 Å². The number of urea groups is 1. The van der Waals surface area contributed by atoms with Gasteiger partial charge in [0.05, 0.1) is 0 Å². The molecule has 0 aliphatic carbocycles. The zero-order valence-electron chi connectivity index (χ0n) is 16.5. The second-order valence-corrected chi connectivity index (χ2v) is 8.17. The lowest BCUT2D eigenvalue weighted by atomic mass is 9.91. The number of hydrogen-bond acceptors (Lipinski definition) is 5. The Labute approximate surface area is 177 Å². The van der Waals surface area contributed by atoms with Gasteiger partial charge in [0.15, 0.2) is 0 Å². The largest absolute Gasteiger partial charge is 0.325 e. The van der Waals surface area contributed by atoms with E-state index in [2.05, 4.69) is 15.6 Å². The number of amides is 4. The van der Waals surface area contributed by atoms with Crippen LogP contribution in [0, 0.1) is 6.92 Å². The Balaban J connectivity index is 1.43. The van der Waals surface area contributed by atoms with E-state index in [0.717, 1.165) is 21.0 Å². The third-order valence-corrected chi connectivity index (χ3v) is 5.88. The molecule has 4 rings (SSSR count). The first kappa shape index (κ1) is 19.8. The third-order valence-electron chi connectivity index (χ3n) is 5.05. The van der Waals surface area contributed by atoms with Crippen LogP contribution in [-0.2, 0) is 15.1 Å². The van der Waals surface area contributed by atoms with Crippen molar-refractivity contribution < 1.29 is 14.4 Å². The van der Waals surface area contributed by atoms with Crippen LogP contribution in [0.4, 0.5) is 10.5 Å².